The largest absolute Gasteiger partial charge is 0.369 e. The van der Waals surface area contributed by atoms with Crippen LogP contribution in [0.5, 0.6) is 0 Å². The van der Waals surface area contributed by atoms with Crippen LogP contribution in [0.2, 0.25) is 0 Å². The molecule has 2 heteroatoms. The molecule has 0 heterocycles. The predicted molar refractivity (Wildman–Crippen MR) is 58.7 cm³/mol. The van der Waals surface area contributed by atoms with Gasteiger partial charge in [-0.2, -0.15) is 0 Å². The predicted octanol–water partition coefficient (Wildman–Crippen LogP) is 2.14. The number of benzene rings is 1. The summed E-state index contributed by atoms with van der Waals surface area (Å²) in [4.78, 5) is 10.5. The molecule has 0 saturated carbocycles. The van der Waals surface area contributed by atoms with Crippen LogP contribution in [0.15, 0.2) is 30.3 Å². The van der Waals surface area contributed by atoms with Gasteiger partial charge in [-0.25, -0.2) is 0 Å². The number of hydrogen-bond donors (Lipinski definition) is 1. The Morgan fingerprint density at radius 1 is 1.43 bits per heavy atom. The lowest BCUT2D eigenvalue weighted by Crippen LogP contribution is -2.07. The number of nitrogens with two attached hydrogens (primary N) is 1. The third-order valence-corrected chi connectivity index (χ3v) is 2.05. The summed E-state index contributed by atoms with van der Waals surface area (Å²) in [6.07, 6.45) is 5.05. The molecule has 74 valence electrons. The number of primary amides is 1. The van der Waals surface area contributed by atoms with E-state index in [-0.39, 0.29) is 5.91 Å². The monoisotopic (exact) mass is 189 g/mol. The van der Waals surface area contributed by atoms with Gasteiger partial charge in [0, 0.05) is 6.42 Å². The van der Waals surface area contributed by atoms with Crippen molar-refractivity contribution in [2.45, 2.75) is 19.8 Å². The third-order valence-electron chi connectivity index (χ3n) is 2.05. The van der Waals surface area contributed by atoms with Crippen molar-refractivity contribution in [1.82, 2.24) is 0 Å². The van der Waals surface area contributed by atoms with Gasteiger partial charge < -0.3 is 5.73 Å². The topological polar surface area (TPSA) is 43.1 Å². The summed E-state index contributed by atoms with van der Waals surface area (Å²) < 4.78 is 0. The molecule has 0 bridgehead atoms. The Morgan fingerprint density at radius 2 is 2.14 bits per heavy atom. The first-order chi connectivity index (χ1) is 6.74. The number of hydrogen-bond acceptors (Lipinski definition) is 1. The van der Waals surface area contributed by atoms with Crippen LogP contribution in [-0.2, 0) is 11.2 Å². The second kappa shape index (κ2) is 5.22. The van der Waals surface area contributed by atoms with E-state index in [1.54, 1.807) is 6.08 Å². The van der Waals surface area contributed by atoms with Gasteiger partial charge in [-0.1, -0.05) is 43.3 Å². The van der Waals surface area contributed by atoms with Crippen molar-refractivity contribution in [3.05, 3.63) is 41.5 Å². The zero-order valence-corrected chi connectivity index (χ0v) is 8.36. The molecule has 1 amide bonds. The summed E-state index contributed by atoms with van der Waals surface area (Å²) in [5, 5.41) is 0. The number of carbonyl (C=O) groups excluding carboxylic acids is 1. The lowest BCUT2D eigenvalue weighted by atomic mass is 10.0. The maximum Gasteiger partial charge on any atom is 0.221 e. The number of aryl methyl sites for hydroxylation is 1. The minimum Gasteiger partial charge on any atom is -0.369 e. The van der Waals surface area contributed by atoms with Crippen molar-refractivity contribution in [3.8, 4) is 0 Å². The van der Waals surface area contributed by atoms with E-state index in [0.29, 0.717) is 6.42 Å². The molecule has 0 atom stereocenters. The highest BCUT2D eigenvalue weighted by Crippen LogP contribution is 2.11. The highest BCUT2D eigenvalue weighted by Gasteiger charge is 1.94. The zero-order chi connectivity index (χ0) is 10.4. The number of amides is 1. The minimum absolute atomic E-state index is 0.296. The van der Waals surface area contributed by atoms with Crippen molar-refractivity contribution in [1.29, 1.82) is 0 Å². The fourth-order valence-electron chi connectivity index (χ4n) is 1.32. The van der Waals surface area contributed by atoms with Gasteiger partial charge in [0.25, 0.3) is 0 Å². The Kier molecular flexibility index (Phi) is 3.92. The van der Waals surface area contributed by atoms with E-state index in [1.165, 1.54) is 5.56 Å². The molecule has 0 radical (unpaired) electrons. The first kappa shape index (κ1) is 10.5. The van der Waals surface area contributed by atoms with Crippen LogP contribution in [-0.4, -0.2) is 5.91 Å². The van der Waals surface area contributed by atoms with Gasteiger partial charge in [0.15, 0.2) is 0 Å². The average molecular weight is 189 g/mol. The molecule has 2 nitrogen and oxygen atoms in total. The molecule has 2 N–H and O–H groups in total. The normalized spacial score (nSPS) is 10.6. The zero-order valence-electron chi connectivity index (χ0n) is 8.36. The molecule has 1 rings (SSSR count). The summed E-state index contributed by atoms with van der Waals surface area (Å²) in [5.41, 5.74) is 7.49. The Morgan fingerprint density at radius 3 is 2.79 bits per heavy atom. The van der Waals surface area contributed by atoms with Crippen molar-refractivity contribution < 1.29 is 4.79 Å². The van der Waals surface area contributed by atoms with Crippen molar-refractivity contribution in [3.63, 3.8) is 0 Å². The van der Waals surface area contributed by atoms with Gasteiger partial charge in [0.05, 0.1) is 0 Å². The van der Waals surface area contributed by atoms with Crippen LogP contribution >= 0.6 is 0 Å². The molecule has 0 aliphatic heterocycles. The van der Waals surface area contributed by atoms with E-state index in [4.69, 9.17) is 5.73 Å². The maximum absolute atomic E-state index is 10.5. The van der Waals surface area contributed by atoms with E-state index in [9.17, 15) is 4.79 Å². The summed E-state index contributed by atoms with van der Waals surface area (Å²) in [7, 11) is 0. The second-order valence-electron chi connectivity index (χ2n) is 3.13. The van der Waals surface area contributed by atoms with Crippen LogP contribution in [0.3, 0.4) is 0 Å². The lowest BCUT2D eigenvalue weighted by molar-refractivity contribution is -0.117. The van der Waals surface area contributed by atoms with Crippen LogP contribution in [0.4, 0.5) is 0 Å². The van der Waals surface area contributed by atoms with Gasteiger partial charge in [-0.3, -0.25) is 4.79 Å². The van der Waals surface area contributed by atoms with Crippen LogP contribution < -0.4 is 5.73 Å². The molecule has 0 saturated heterocycles. The second-order valence-corrected chi connectivity index (χ2v) is 3.13. The van der Waals surface area contributed by atoms with Gasteiger partial charge in [-0.15, -0.1) is 0 Å². The summed E-state index contributed by atoms with van der Waals surface area (Å²) >= 11 is 0. The molecule has 1 aromatic carbocycles. The molecule has 0 spiro atoms. The molecule has 0 aliphatic rings. The van der Waals surface area contributed by atoms with Gasteiger partial charge in [0.2, 0.25) is 5.91 Å². The Bertz CT molecular complexity index is 342. The molecule has 1 aromatic rings. The Labute approximate surface area is 84.4 Å². The maximum atomic E-state index is 10.5. The smallest absolute Gasteiger partial charge is 0.221 e. The van der Waals surface area contributed by atoms with E-state index in [1.807, 2.05) is 24.3 Å². The highest BCUT2D eigenvalue weighted by molar-refractivity contribution is 5.76. The SMILES string of the molecule is CCc1ccccc1C=CCC(N)=O. The van der Waals surface area contributed by atoms with Crippen molar-refractivity contribution in [2.75, 3.05) is 0 Å². The molecule has 0 aliphatic carbocycles. The average Bonchev–Trinajstić information content (AvgIpc) is 2.18. The minimum atomic E-state index is -0.296. The van der Waals surface area contributed by atoms with Gasteiger partial charge >= 0.3 is 0 Å². The Hall–Kier alpha value is -1.57. The number of rotatable bonds is 4. The summed E-state index contributed by atoms with van der Waals surface area (Å²) in [5.74, 6) is -0.296. The van der Waals surface area contributed by atoms with E-state index in [2.05, 4.69) is 13.0 Å². The van der Waals surface area contributed by atoms with Crippen LogP contribution in [0, 0.1) is 0 Å². The number of carbonyl (C=O) groups is 1. The lowest BCUT2D eigenvalue weighted by Gasteiger charge is -2.01. The first-order valence-corrected chi connectivity index (χ1v) is 4.76. The molecule has 0 unspecified atom stereocenters. The summed E-state index contributed by atoms with van der Waals surface area (Å²) in [6.45, 7) is 2.11. The van der Waals surface area contributed by atoms with E-state index in [0.717, 1.165) is 12.0 Å². The molecule has 0 fully saturated rings. The quantitative estimate of drug-likeness (QED) is 0.774. The first-order valence-electron chi connectivity index (χ1n) is 4.76. The highest BCUT2D eigenvalue weighted by atomic mass is 16.1. The van der Waals surface area contributed by atoms with Crippen LogP contribution in [0.1, 0.15) is 24.5 Å². The standard InChI is InChI=1S/C12H15NO/c1-2-10-6-3-4-7-11(10)8-5-9-12(13)14/h3-8H,2,9H2,1H3,(H2,13,14). The van der Waals surface area contributed by atoms with Crippen molar-refractivity contribution in [2.24, 2.45) is 5.73 Å². The Balaban J connectivity index is 2.75. The molecular weight excluding hydrogens is 174 g/mol. The molecule has 14 heavy (non-hydrogen) atoms. The third kappa shape index (κ3) is 3.05. The van der Waals surface area contributed by atoms with Gasteiger partial charge in [0.1, 0.15) is 0 Å². The molecular formula is C12H15NO. The van der Waals surface area contributed by atoms with E-state index >= 15 is 0 Å². The van der Waals surface area contributed by atoms with Crippen molar-refractivity contribution >= 4 is 12.0 Å². The summed E-state index contributed by atoms with van der Waals surface area (Å²) in [6, 6.07) is 8.13. The molecule has 0 aromatic heterocycles. The van der Waals surface area contributed by atoms with Crippen LogP contribution in [0.25, 0.3) is 6.08 Å². The fraction of sp³-hybridized carbons (Fsp3) is 0.250. The van der Waals surface area contributed by atoms with E-state index < -0.39 is 0 Å². The van der Waals surface area contributed by atoms with Gasteiger partial charge in [-0.05, 0) is 17.5 Å². The fourth-order valence-corrected chi connectivity index (χ4v) is 1.32.